The van der Waals surface area contributed by atoms with Crippen molar-refractivity contribution >= 4 is 34.2 Å². The van der Waals surface area contributed by atoms with Crippen LogP contribution in [0.2, 0.25) is 5.02 Å². The molecular weight excluding hydrogens is 374 g/mol. The number of aromatic nitrogens is 1. The summed E-state index contributed by atoms with van der Waals surface area (Å²) in [6.07, 6.45) is 1.62. The van der Waals surface area contributed by atoms with E-state index in [-0.39, 0.29) is 5.91 Å². The minimum absolute atomic E-state index is 0.200. The van der Waals surface area contributed by atoms with E-state index in [1.54, 1.807) is 6.92 Å². The van der Waals surface area contributed by atoms with Gasteiger partial charge in [-0.15, -0.1) is 0 Å². The maximum Gasteiger partial charge on any atom is 0.256 e. The van der Waals surface area contributed by atoms with Gasteiger partial charge in [0.15, 0.2) is 0 Å². The zero-order chi connectivity index (χ0) is 20.3. The smallest absolute Gasteiger partial charge is 0.256 e. The van der Waals surface area contributed by atoms with E-state index in [4.69, 9.17) is 22.3 Å². The molecule has 0 spiro atoms. The Hall–Kier alpha value is -1.89. The number of benzene rings is 1. The van der Waals surface area contributed by atoms with Crippen LogP contribution in [0.15, 0.2) is 24.3 Å². The molecule has 1 unspecified atom stereocenters. The Morgan fingerprint density at radius 1 is 1.29 bits per heavy atom. The molecule has 0 radical (unpaired) electrons. The second kappa shape index (κ2) is 9.07. The largest absolute Gasteiger partial charge is 0.356 e. The van der Waals surface area contributed by atoms with Gasteiger partial charge in [0.2, 0.25) is 0 Å². The van der Waals surface area contributed by atoms with Crippen molar-refractivity contribution in [3.05, 3.63) is 34.9 Å². The third kappa shape index (κ3) is 5.13. The van der Waals surface area contributed by atoms with E-state index in [1.807, 2.05) is 24.3 Å². The van der Waals surface area contributed by atoms with Gasteiger partial charge < -0.3 is 21.3 Å². The van der Waals surface area contributed by atoms with Crippen LogP contribution >= 0.6 is 11.6 Å². The summed E-state index contributed by atoms with van der Waals surface area (Å²) < 4.78 is 0. The minimum Gasteiger partial charge on any atom is -0.356 e. The lowest BCUT2D eigenvalue weighted by molar-refractivity contribution is 0.0941. The lowest BCUT2D eigenvalue weighted by Crippen LogP contribution is -2.45. The molecule has 3 rings (SSSR count). The molecule has 28 heavy (non-hydrogen) atoms. The van der Waals surface area contributed by atoms with Gasteiger partial charge in [0, 0.05) is 29.5 Å². The third-order valence-corrected chi connectivity index (χ3v) is 5.21. The van der Waals surface area contributed by atoms with Crippen molar-refractivity contribution in [1.82, 2.24) is 15.6 Å². The first kappa shape index (κ1) is 20.8. The Morgan fingerprint density at radius 2 is 2.00 bits per heavy atom. The molecule has 1 amide bonds. The van der Waals surface area contributed by atoms with Gasteiger partial charge in [0.05, 0.1) is 17.2 Å². The minimum atomic E-state index is -0.424. The number of hydrogen-bond acceptors (Lipinski definition) is 5. The highest BCUT2D eigenvalue weighted by molar-refractivity contribution is 6.31. The van der Waals surface area contributed by atoms with Crippen LogP contribution in [0.4, 0.5) is 5.82 Å². The van der Waals surface area contributed by atoms with Crippen LogP contribution in [0.25, 0.3) is 10.9 Å². The normalized spacial score (nSPS) is 16.6. The fourth-order valence-electron chi connectivity index (χ4n) is 3.52. The van der Waals surface area contributed by atoms with Crippen molar-refractivity contribution < 1.29 is 4.79 Å². The van der Waals surface area contributed by atoms with Gasteiger partial charge in [0.25, 0.3) is 5.91 Å². The average molecular weight is 404 g/mol. The first-order valence-corrected chi connectivity index (χ1v) is 10.4. The maximum absolute atomic E-state index is 12.8. The summed E-state index contributed by atoms with van der Waals surface area (Å²) in [5.41, 5.74) is 7.12. The second-order valence-electron chi connectivity index (χ2n) is 8.02. The van der Waals surface area contributed by atoms with E-state index in [0.717, 1.165) is 43.4 Å². The van der Waals surface area contributed by atoms with Crippen molar-refractivity contribution in [2.75, 3.05) is 24.5 Å². The summed E-state index contributed by atoms with van der Waals surface area (Å²) in [5.74, 6) is 1.14. The van der Waals surface area contributed by atoms with Gasteiger partial charge in [-0.3, -0.25) is 4.79 Å². The van der Waals surface area contributed by atoms with E-state index in [2.05, 4.69) is 29.4 Å². The van der Waals surface area contributed by atoms with Gasteiger partial charge in [0.1, 0.15) is 5.82 Å². The number of halogens is 1. The average Bonchev–Trinajstić information content (AvgIpc) is 2.65. The van der Waals surface area contributed by atoms with Crippen molar-refractivity contribution in [3.63, 3.8) is 0 Å². The molecule has 0 saturated carbocycles. The molecule has 7 heteroatoms. The Morgan fingerprint density at radius 3 is 2.64 bits per heavy atom. The highest BCUT2D eigenvalue weighted by Crippen LogP contribution is 2.28. The number of carbonyl (C=O) groups excluding carboxylic acids is 1. The van der Waals surface area contributed by atoms with Crippen LogP contribution in [-0.4, -0.2) is 42.7 Å². The summed E-state index contributed by atoms with van der Waals surface area (Å²) in [4.78, 5) is 19.8. The molecule has 1 saturated heterocycles. The number of nitrogens with zero attached hydrogens (tertiary/aromatic N) is 2. The van der Waals surface area contributed by atoms with Gasteiger partial charge in [-0.05, 0) is 50.4 Å². The molecule has 152 valence electrons. The van der Waals surface area contributed by atoms with E-state index >= 15 is 0 Å². The number of nitrogens with one attached hydrogen (secondary N) is 2. The number of hydrogen-bond donors (Lipinski definition) is 3. The predicted octanol–water partition coefficient (Wildman–Crippen LogP) is 3.14. The van der Waals surface area contributed by atoms with Crippen LogP contribution in [0.3, 0.4) is 0 Å². The third-order valence-electron chi connectivity index (χ3n) is 4.97. The van der Waals surface area contributed by atoms with E-state index in [9.17, 15) is 4.79 Å². The number of rotatable bonds is 6. The zero-order valence-electron chi connectivity index (χ0n) is 16.8. The van der Waals surface area contributed by atoms with Crippen LogP contribution in [0, 0.1) is 5.92 Å². The Kier molecular flexibility index (Phi) is 6.75. The van der Waals surface area contributed by atoms with Crippen LogP contribution in [-0.2, 0) is 0 Å². The lowest BCUT2D eigenvalue weighted by atomic mass is 10.0. The van der Waals surface area contributed by atoms with Crippen LogP contribution in [0.5, 0.6) is 0 Å². The molecule has 1 aliphatic heterocycles. The Labute approximate surface area is 171 Å². The number of fused-ring (bicyclic) bond motifs is 1. The number of amides is 1. The molecule has 2 heterocycles. The van der Waals surface area contributed by atoms with Gasteiger partial charge >= 0.3 is 0 Å². The number of pyridine rings is 1. The summed E-state index contributed by atoms with van der Waals surface area (Å²) >= 11 is 6.15. The van der Waals surface area contributed by atoms with E-state index in [1.165, 1.54) is 0 Å². The lowest BCUT2D eigenvalue weighted by Gasteiger charge is -2.34. The first-order chi connectivity index (χ1) is 13.3. The van der Waals surface area contributed by atoms with Gasteiger partial charge in [-0.25, -0.2) is 4.98 Å². The summed E-state index contributed by atoms with van der Waals surface area (Å²) in [6, 6.07) is 7.93. The first-order valence-electron chi connectivity index (χ1n) is 9.98. The van der Waals surface area contributed by atoms with Crippen LogP contribution in [0.1, 0.15) is 44.0 Å². The zero-order valence-corrected chi connectivity index (χ0v) is 17.6. The van der Waals surface area contributed by atoms with Gasteiger partial charge in [-0.1, -0.05) is 31.5 Å². The number of nitrogens with two attached hydrogens (primary N) is 1. The summed E-state index contributed by atoms with van der Waals surface area (Å²) in [6.45, 7) is 8.92. The molecule has 1 aromatic heterocycles. The van der Waals surface area contributed by atoms with E-state index in [0.29, 0.717) is 28.4 Å². The standard InChI is InChI=1S/C21H30ClN5O/c1-13(2)12-24-17-6-8-27(9-7-17)20-18(21(28)25-14(3)23)10-15-4-5-16(22)11-19(15)26-20/h4-5,10-11,13-14,17,24H,6-9,12,23H2,1-3H3,(H,25,28). The van der Waals surface area contributed by atoms with Crippen molar-refractivity contribution in [3.8, 4) is 0 Å². The SMILES string of the molecule is CC(C)CNC1CCN(c2nc3cc(Cl)ccc3cc2C(=O)NC(C)N)CC1. The fourth-order valence-corrected chi connectivity index (χ4v) is 3.69. The van der Waals surface area contributed by atoms with Crippen molar-refractivity contribution in [1.29, 1.82) is 0 Å². The molecular formula is C21H30ClN5O. The highest BCUT2D eigenvalue weighted by atomic mass is 35.5. The topological polar surface area (TPSA) is 83.3 Å². The Balaban J connectivity index is 1.87. The number of anilines is 1. The molecule has 6 nitrogen and oxygen atoms in total. The molecule has 1 aromatic carbocycles. The predicted molar refractivity (Wildman–Crippen MR) is 116 cm³/mol. The fraction of sp³-hybridized carbons (Fsp3) is 0.524. The van der Waals surface area contributed by atoms with Crippen molar-refractivity contribution in [2.24, 2.45) is 11.7 Å². The monoisotopic (exact) mass is 403 g/mol. The highest BCUT2D eigenvalue weighted by Gasteiger charge is 2.25. The molecule has 0 aliphatic carbocycles. The van der Waals surface area contributed by atoms with E-state index < -0.39 is 6.17 Å². The molecule has 2 aromatic rings. The molecule has 0 bridgehead atoms. The number of carbonyl (C=O) groups is 1. The van der Waals surface area contributed by atoms with Crippen molar-refractivity contribution in [2.45, 2.75) is 45.8 Å². The molecule has 1 aliphatic rings. The number of piperidine rings is 1. The molecule has 4 N–H and O–H groups in total. The Bertz CT molecular complexity index is 831. The quantitative estimate of drug-likeness (QED) is 0.645. The molecule has 1 fully saturated rings. The summed E-state index contributed by atoms with van der Waals surface area (Å²) in [5, 5.41) is 7.94. The molecule has 1 atom stereocenters. The second-order valence-corrected chi connectivity index (χ2v) is 8.46. The van der Waals surface area contributed by atoms with Gasteiger partial charge in [-0.2, -0.15) is 0 Å². The van der Waals surface area contributed by atoms with Crippen LogP contribution < -0.4 is 21.3 Å². The summed E-state index contributed by atoms with van der Waals surface area (Å²) in [7, 11) is 0. The maximum atomic E-state index is 12.8.